The van der Waals surface area contributed by atoms with E-state index in [1.165, 1.54) is 11.1 Å². The maximum Gasteiger partial charge on any atom is 0.314 e. The molecule has 0 spiro atoms. The Bertz CT molecular complexity index is 740. The van der Waals surface area contributed by atoms with Gasteiger partial charge in [0, 0.05) is 43.3 Å². The largest absolute Gasteiger partial charge is 0.351 e. The Kier molecular flexibility index (Phi) is 5.40. The fourth-order valence-corrected chi connectivity index (χ4v) is 3.96. The molecular weight excluding hydrogens is 326 g/mol. The molecule has 0 bridgehead atoms. The summed E-state index contributed by atoms with van der Waals surface area (Å²) in [6, 6.07) is 10.1. The zero-order valence-electron chi connectivity index (χ0n) is 15.4. The highest BCUT2D eigenvalue weighted by atomic mass is 16.2. The van der Waals surface area contributed by atoms with Crippen molar-refractivity contribution in [2.24, 2.45) is 39.4 Å². The van der Waals surface area contributed by atoms with Crippen LogP contribution in [0.25, 0.3) is 0 Å². The Hall–Kier alpha value is -2.63. The van der Waals surface area contributed by atoms with Crippen molar-refractivity contribution in [1.29, 1.82) is 0 Å². The first-order valence-electron chi connectivity index (χ1n) is 9.12. The van der Waals surface area contributed by atoms with E-state index >= 15 is 0 Å². The number of likely N-dealkylation sites (tertiary alicyclic amines) is 1. The highest BCUT2D eigenvalue weighted by Gasteiger charge is 2.34. The number of amides is 2. The van der Waals surface area contributed by atoms with E-state index in [1.54, 1.807) is 4.90 Å². The Morgan fingerprint density at radius 2 is 2.08 bits per heavy atom. The smallest absolute Gasteiger partial charge is 0.314 e. The lowest BCUT2D eigenvalue weighted by molar-refractivity contribution is 0.194. The third-order valence-corrected chi connectivity index (χ3v) is 5.57. The number of carbonyl (C=O) groups excluding carboxylic acids is 1. The molecule has 0 aromatic heterocycles. The minimum atomic E-state index is -0.387. The van der Waals surface area contributed by atoms with E-state index in [-0.39, 0.29) is 23.9 Å². The summed E-state index contributed by atoms with van der Waals surface area (Å²) in [5.74, 6) is 6.15. The molecule has 1 aromatic rings. The van der Waals surface area contributed by atoms with Crippen molar-refractivity contribution in [2.45, 2.75) is 26.3 Å². The van der Waals surface area contributed by atoms with Gasteiger partial charge in [-0.3, -0.25) is 4.99 Å². The lowest BCUT2D eigenvalue weighted by Gasteiger charge is -2.37. The molecule has 0 saturated carbocycles. The number of urea groups is 1. The van der Waals surface area contributed by atoms with Crippen molar-refractivity contribution in [1.82, 2.24) is 4.90 Å². The first-order valence-corrected chi connectivity index (χ1v) is 9.12. The van der Waals surface area contributed by atoms with Gasteiger partial charge >= 0.3 is 6.03 Å². The summed E-state index contributed by atoms with van der Waals surface area (Å²) in [4.78, 5) is 18.1. The van der Waals surface area contributed by atoms with Crippen LogP contribution in [0.5, 0.6) is 0 Å². The molecule has 0 aliphatic carbocycles. The number of benzene rings is 1. The van der Waals surface area contributed by atoms with E-state index in [4.69, 9.17) is 16.6 Å². The van der Waals surface area contributed by atoms with Gasteiger partial charge in [0.05, 0.1) is 6.04 Å². The number of hydrazone groups is 1. The third-order valence-electron chi connectivity index (χ3n) is 5.57. The van der Waals surface area contributed by atoms with Crippen molar-refractivity contribution in [3.05, 3.63) is 47.5 Å². The van der Waals surface area contributed by atoms with Gasteiger partial charge in [-0.2, -0.15) is 5.10 Å². The summed E-state index contributed by atoms with van der Waals surface area (Å²) < 4.78 is 0. The molecule has 4 atom stereocenters. The molecule has 26 heavy (non-hydrogen) atoms. The second-order valence-electron chi connectivity index (χ2n) is 7.21. The van der Waals surface area contributed by atoms with Crippen LogP contribution in [0, 0.1) is 17.8 Å². The normalized spacial score (nSPS) is 28.7. The zero-order valence-corrected chi connectivity index (χ0v) is 15.4. The number of nitrogens with two attached hydrogens (primary N) is 2. The molecule has 138 valence electrons. The zero-order chi connectivity index (χ0) is 18.7. The van der Waals surface area contributed by atoms with Gasteiger partial charge in [-0.1, -0.05) is 50.3 Å². The summed E-state index contributed by atoms with van der Waals surface area (Å²) in [6.07, 6.45) is 4.92. The van der Waals surface area contributed by atoms with Crippen LogP contribution in [-0.2, 0) is 0 Å². The monoisotopic (exact) mass is 353 g/mol. The van der Waals surface area contributed by atoms with Gasteiger partial charge in [0.1, 0.15) is 0 Å². The molecule has 1 saturated heterocycles. The first kappa shape index (κ1) is 18.2. The molecule has 2 aliphatic rings. The highest BCUT2D eigenvalue weighted by Crippen LogP contribution is 2.35. The van der Waals surface area contributed by atoms with E-state index < -0.39 is 0 Å². The third kappa shape index (κ3) is 3.64. The van der Waals surface area contributed by atoms with Gasteiger partial charge in [-0.15, -0.1) is 0 Å². The van der Waals surface area contributed by atoms with Crippen LogP contribution in [0.15, 0.2) is 52.1 Å². The number of hydrogen-bond donors (Lipinski definition) is 2. The average molecular weight is 353 g/mol. The molecule has 6 heteroatoms. The summed E-state index contributed by atoms with van der Waals surface area (Å²) in [5.41, 5.74) is 8.81. The van der Waals surface area contributed by atoms with Crippen LogP contribution in [0.4, 0.5) is 4.79 Å². The molecule has 3 rings (SSSR count). The van der Waals surface area contributed by atoms with Gasteiger partial charge in [0.25, 0.3) is 0 Å². The lowest BCUT2D eigenvalue weighted by atomic mass is 9.78. The minimum absolute atomic E-state index is 0.0689. The number of dihydropyridines is 1. The van der Waals surface area contributed by atoms with Gasteiger partial charge in [0.15, 0.2) is 0 Å². The summed E-state index contributed by atoms with van der Waals surface area (Å²) in [5, 5.41) is 3.99. The quantitative estimate of drug-likeness (QED) is 0.645. The predicted octanol–water partition coefficient (Wildman–Crippen LogP) is 2.73. The lowest BCUT2D eigenvalue weighted by Crippen LogP contribution is -2.48. The van der Waals surface area contributed by atoms with E-state index in [0.717, 1.165) is 5.71 Å². The molecule has 2 aliphatic heterocycles. The van der Waals surface area contributed by atoms with Crippen LogP contribution in [0.3, 0.4) is 0 Å². The summed E-state index contributed by atoms with van der Waals surface area (Å²) in [6.45, 7) is 5.46. The number of primary amides is 1. The van der Waals surface area contributed by atoms with Crippen LogP contribution >= 0.6 is 0 Å². The van der Waals surface area contributed by atoms with Crippen LogP contribution in [0.2, 0.25) is 0 Å². The van der Waals surface area contributed by atoms with Gasteiger partial charge in [-0.25, -0.2) is 4.79 Å². The van der Waals surface area contributed by atoms with Crippen molar-refractivity contribution in [3.8, 4) is 0 Å². The van der Waals surface area contributed by atoms with Crippen molar-refractivity contribution < 1.29 is 4.79 Å². The Morgan fingerprint density at radius 1 is 1.35 bits per heavy atom. The predicted molar refractivity (Wildman–Crippen MR) is 105 cm³/mol. The Labute approximate surface area is 154 Å². The molecule has 1 fully saturated rings. The van der Waals surface area contributed by atoms with E-state index in [1.807, 2.05) is 24.4 Å². The molecular formula is C20H27N5O. The van der Waals surface area contributed by atoms with Crippen molar-refractivity contribution in [3.63, 3.8) is 0 Å². The van der Waals surface area contributed by atoms with Crippen molar-refractivity contribution >= 4 is 18.0 Å². The molecule has 2 amide bonds. The Morgan fingerprint density at radius 3 is 2.69 bits per heavy atom. The maximum absolute atomic E-state index is 11.6. The second kappa shape index (κ2) is 7.72. The minimum Gasteiger partial charge on any atom is -0.351 e. The SMILES string of the molecule is CC1C=C(C(C)C2CN(C(N)=O)CC/C2=N\N)C=NC1c1ccccc1. The van der Waals surface area contributed by atoms with Crippen LogP contribution < -0.4 is 11.6 Å². The number of hydrogen-bond acceptors (Lipinski definition) is 4. The topological polar surface area (TPSA) is 97.1 Å². The van der Waals surface area contributed by atoms with E-state index in [0.29, 0.717) is 25.4 Å². The van der Waals surface area contributed by atoms with E-state index in [2.05, 4.69) is 37.2 Å². The Balaban J connectivity index is 1.78. The molecule has 6 nitrogen and oxygen atoms in total. The number of piperidine rings is 1. The number of rotatable bonds is 3. The first-order chi connectivity index (χ1) is 12.5. The molecule has 1 aromatic carbocycles. The number of nitrogens with zero attached hydrogens (tertiary/aromatic N) is 3. The van der Waals surface area contributed by atoms with E-state index in [9.17, 15) is 4.79 Å². The summed E-state index contributed by atoms with van der Waals surface area (Å²) >= 11 is 0. The number of aliphatic imine (C=N–C) groups is 1. The van der Waals surface area contributed by atoms with Crippen LogP contribution in [0.1, 0.15) is 31.9 Å². The molecule has 4 unspecified atom stereocenters. The number of allylic oxidation sites excluding steroid dienone is 1. The van der Waals surface area contributed by atoms with Gasteiger partial charge < -0.3 is 16.5 Å². The molecule has 4 N–H and O–H groups in total. The summed E-state index contributed by atoms with van der Waals surface area (Å²) in [7, 11) is 0. The maximum atomic E-state index is 11.6. The molecule has 2 heterocycles. The van der Waals surface area contributed by atoms with Gasteiger partial charge in [-0.05, 0) is 17.1 Å². The highest BCUT2D eigenvalue weighted by molar-refractivity contribution is 5.91. The fraction of sp³-hybridized carbons (Fsp3) is 0.450. The molecule has 0 radical (unpaired) electrons. The fourth-order valence-electron chi connectivity index (χ4n) is 3.96. The van der Waals surface area contributed by atoms with Gasteiger partial charge in [0.2, 0.25) is 0 Å². The number of carbonyl (C=O) groups is 1. The average Bonchev–Trinajstić information content (AvgIpc) is 2.67. The van der Waals surface area contributed by atoms with Crippen LogP contribution in [-0.4, -0.2) is 35.9 Å². The van der Waals surface area contributed by atoms with Crippen molar-refractivity contribution in [2.75, 3.05) is 13.1 Å². The second-order valence-corrected chi connectivity index (χ2v) is 7.21. The standard InChI is InChI=1S/C20H27N5O/c1-13-10-16(11-23-19(13)15-6-4-3-5-7-15)14(2)17-12-25(20(21)26)9-8-18(17)24-22/h3-7,10-11,13-14,17,19H,8-9,12,22H2,1-2H3,(H2,21,26)/b24-18+.